The molecule has 2 aromatic carbocycles. The van der Waals surface area contributed by atoms with Crippen LogP contribution in [0.15, 0.2) is 65.8 Å². The SMILES string of the molecule is O=C(CCc1cc(-c2ccc(OC(F)(F)F)cc2)ncn1)[C@@H]1[C@@H](F)CCN1S(=O)(=O)c1ccc(F)cc1. The lowest BCUT2D eigenvalue weighted by molar-refractivity contribution is -0.274. The topological polar surface area (TPSA) is 89.5 Å². The Balaban J connectivity index is 1.45. The average Bonchev–Trinajstić information content (AvgIpc) is 3.25. The summed E-state index contributed by atoms with van der Waals surface area (Å²) in [6.07, 6.45) is -5.60. The molecule has 1 fully saturated rings. The summed E-state index contributed by atoms with van der Waals surface area (Å²) in [4.78, 5) is 20.8. The number of halogens is 5. The van der Waals surface area contributed by atoms with E-state index in [0.717, 1.165) is 40.7 Å². The van der Waals surface area contributed by atoms with E-state index in [1.54, 1.807) is 0 Å². The molecule has 0 spiro atoms. The van der Waals surface area contributed by atoms with Gasteiger partial charge in [-0.05, 0) is 67.4 Å². The number of aryl methyl sites for hydroxylation is 1. The van der Waals surface area contributed by atoms with Crippen molar-refractivity contribution in [3.8, 4) is 17.0 Å². The van der Waals surface area contributed by atoms with Gasteiger partial charge in [0.1, 0.15) is 30.1 Å². The van der Waals surface area contributed by atoms with E-state index in [1.807, 2.05) is 0 Å². The highest BCUT2D eigenvalue weighted by Gasteiger charge is 2.45. The quantitative estimate of drug-likeness (QED) is 0.391. The summed E-state index contributed by atoms with van der Waals surface area (Å²) in [5.74, 6) is -1.66. The van der Waals surface area contributed by atoms with E-state index < -0.39 is 45.9 Å². The fourth-order valence-corrected chi connectivity index (χ4v) is 5.67. The summed E-state index contributed by atoms with van der Waals surface area (Å²) in [7, 11) is -4.22. The van der Waals surface area contributed by atoms with E-state index >= 15 is 0 Å². The van der Waals surface area contributed by atoms with E-state index in [2.05, 4.69) is 14.7 Å². The fraction of sp³-hybridized carbons (Fsp3) is 0.292. The number of rotatable bonds is 8. The number of carbonyl (C=O) groups excluding carboxylic acids is 1. The Bertz CT molecular complexity index is 1370. The van der Waals surface area contributed by atoms with Crippen molar-refractivity contribution >= 4 is 15.8 Å². The van der Waals surface area contributed by atoms with Crippen LogP contribution in [0.3, 0.4) is 0 Å². The van der Waals surface area contributed by atoms with Crippen LogP contribution in [0, 0.1) is 5.82 Å². The second-order valence-corrected chi connectivity index (χ2v) is 10.1. The van der Waals surface area contributed by atoms with Crippen LogP contribution < -0.4 is 4.74 Å². The minimum absolute atomic E-state index is 0.0529. The lowest BCUT2D eigenvalue weighted by Gasteiger charge is -2.24. The van der Waals surface area contributed by atoms with Gasteiger partial charge in [-0.3, -0.25) is 4.79 Å². The van der Waals surface area contributed by atoms with Crippen molar-refractivity contribution in [1.29, 1.82) is 0 Å². The van der Waals surface area contributed by atoms with Gasteiger partial charge in [0.2, 0.25) is 10.0 Å². The first-order valence-electron chi connectivity index (χ1n) is 11.1. The van der Waals surface area contributed by atoms with Crippen molar-refractivity contribution in [1.82, 2.24) is 14.3 Å². The molecule has 0 N–H and O–H groups in total. The second-order valence-electron chi connectivity index (χ2n) is 8.25. The van der Waals surface area contributed by atoms with E-state index in [0.29, 0.717) is 17.0 Å². The predicted octanol–water partition coefficient (Wildman–Crippen LogP) is 4.48. The third-order valence-corrected chi connectivity index (χ3v) is 7.66. The van der Waals surface area contributed by atoms with E-state index in [9.17, 15) is 35.2 Å². The van der Waals surface area contributed by atoms with E-state index in [4.69, 9.17) is 0 Å². The molecule has 0 radical (unpaired) electrons. The highest BCUT2D eigenvalue weighted by molar-refractivity contribution is 7.89. The molecule has 1 aliphatic heterocycles. The largest absolute Gasteiger partial charge is 0.573 e. The number of ether oxygens (including phenoxy) is 1. The van der Waals surface area contributed by atoms with Crippen LogP contribution in [-0.2, 0) is 21.2 Å². The number of nitrogens with zero attached hydrogens (tertiary/aromatic N) is 3. The normalized spacial score (nSPS) is 18.6. The minimum atomic E-state index is -4.82. The number of benzene rings is 2. The van der Waals surface area contributed by atoms with Crippen LogP contribution in [0.2, 0.25) is 0 Å². The van der Waals surface area contributed by atoms with E-state index in [-0.39, 0.29) is 30.7 Å². The molecule has 0 unspecified atom stereocenters. The number of aromatic nitrogens is 2. The zero-order chi connectivity index (χ0) is 26.8. The first-order chi connectivity index (χ1) is 17.4. The van der Waals surface area contributed by atoms with Crippen LogP contribution >= 0.6 is 0 Å². The molecule has 1 aliphatic rings. The van der Waals surface area contributed by atoms with Crippen molar-refractivity contribution in [2.75, 3.05) is 6.54 Å². The van der Waals surface area contributed by atoms with Gasteiger partial charge in [-0.15, -0.1) is 13.2 Å². The van der Waals surface area contributed by atoms with Crippen LogP contribution in [0.25, 0.3) is 11.3 Å². The molecule has 196 valence electrons. The summed E-state index contributed by atoms with van der Waals surface area (Å²) in [6.45, 7) is -0.191. The Hall–Kier alpha value is -3.45. The molecule has 1 aromatic heterocycles. The van der Waals surface area contributed by atoms with Gasteiger partial charge in [-0.1, -0.05) is 0 Å². The molecule has 37 heavy (non-hydrogen) atoms. The average molecular weight is 541 g/mol. The number of ketones is 1. The van der Waals surface area contributed by atoms with Crippen LogP contribution in [0.5, 0.6) is 5.75 Å². The first-order valence-corrected chi connectivity index (χ1v) is 12.5. The zero-order valence-electron chi connectivity index (χ0n) is 19.0. The lowest BCUT2D eigenvalue weighted by Crippen LogP contribution is -2.44. The second kappa shape index (κ2) is 10.5. The summed E-state index contributed by atoms with van der Waals surface area (Å²) in [5, 5.41) is 0. The van der Waals surface area contributed by atoms with Gasteiger partial charge in [0.05, 0.1) is 10.6 Å². The third kappa shape index (κ3) is 6.28. The Morgan fingerprint density at radius 2 is 1.73 bits per heavy atom. The molecular weight excluding hydrogens is 521 g/mol. The maximum Gasteiger partial charge on any atom is 0.573 e. The molecule has 2 atom stereocenters. The van der Waals surface area contributed by atoms with Gasteiger partial charge in [0.25, 0.3) is 0 Å². The van der Waals surface area contributed by atoms with Crippen LogP contribution in [0.1, 0.15) is 18.5 Å². The highest BCUT2D eigenvalue weighted by atomic mass is 32.2. The molecule has 0 saturated carbocycles. The van der Waals surface area contributed by atoms with Gasteiger partial charge in [0.15, 0.2) is 5.78 Å². The number of sulfonamides is 1. The molecule has 7 nitrogen and oxygen atoms in total. The number of alkyl halides is 4. The maximum atomic E-state index is 14.7. The number of hydrogen-bond donors (Lipinski definition) is 0. The van der Waals surface area contributed by atoms with Crippen molar-refractivity contribution < 1.29 is 39.9 Å². The standard InChI is InChI=1S/C24H20F5N3O4S/c25-16-3-8-19(9-4-16)37(34,35)32-12-11-20(26)23(32)22(33)10-5-17-13-21(31-14-30-17)15-1-6-18(7-2-15)36-24(27,28)29/h1-4,6-9,13-14,20,23H,5,10-12H2/t20-,23-/m0/s1. The summed E-state index contributed by atoms with van der Waals surface area (Å²) < 4.78 is 95.5. The molecule has 0 amide bonds. The van der Waals surface area contributed by atoms with Gasteiger partial charge in [-0.25, -0.2) is 27.2 Å². The van der Waals surface area contributed by atoms with Gasteiger partial charge >= 0.3 is 6.36 Å². The van der Waals surface area contributed by atoms with Gasteiger partial charge in [-0.2, -0.15) is 4.31 Å². The molecule has 2 heterocycles. The molecule has 3 aromatic rings. The Morgan fingerprint density at radius 3 is 2.38 bits per heavy atom. The smallest absolute Gasteiger partial charge is 0.406 e. The zero-order valence-corrected chi connectivity index (χ0v) is 19.8. The predicted molar refractivity (Wildman–Crippen MR) is 121 cm³/mol. The molecule has 0 bridgehead atoms. The Labute approximate surface area is 209 Å². The maximum absolute atomic E-state index is 14.7. The first kappa shape index (κ1) is 26.6. The van der Waals surface area contributed by atoms with Gasteiger partial charge in [0, 0.05) is 24.2 Å². The van der Waals surface area contributed by atoms with Gasteiger partial charge < -0.3 is 4.74 Å². The number of hydrogen-bond acceptors (Lipinski definition) is 6. The fourth-order valence-electron chi connectivity index (χ4n) is 4.02. The van der Waals surface area contributed by atoms with Crippen LogP contribution in [-0.4, -0.2) is 53.6 Å². The monoisotopic (exact) mass is 541 g/mol. The van der Waals surface area contributed by atoms with E-state index in [1.165, 1.54) is 24.5 Å². The van der Waals surface area contributed by atoms with Crippen molar-refractivity contribution in [2.45, 2.75) is 42.7 Å². The van der Waals surface area contributed by atoms with Crippen molar-refractivity contribution in [3.05, 3.63) is 72.4 Å². The van der Waals surface area contributed by atoms with Crippen LogP contribution in [0.4, 0.5) is 22.0 Å². The Morgan fingerprint density at radius 1 is 1.05 bits per heavy atom. The third-order valence-electron chi connectivity index (χ3n) is 5.76. The molecular formula is C24H20F5N3O4S. The Kier molecular flexibility index (Phi) is 7.55. The van der Waals surface area contributed by atoms with Crippen molar-refractivity contribution in [2.24, 2.45) is 0 Å². The summed E-state index contributed by atoms with van der Waals surface area (Å²) >= 11 is 0. The number of carbonyl (C=O) groups is 1. The molecule has 1 saturated heterocycles. The summed E-state index contributed by atoms with van der Waals surface area (Å²) in [6, 6.07) is 9.08. The van der Waals surface area contributed by atoms with Crippen molar-refractivity contribution in [3.63, 3.8) is 0 Å². The molecule has 0 aliphatic carbocycles. The minimum Gasteiger partial charge on any atom is -0.406 e. The molecule has 13 heteroatoms. The summed E-state index contributed by atoms with van der Waals surface area (Å²) in [5.41, 5.74) is 1.25. The molecule has 4 rings (SSSR count). The number of Topliss-reactive ketones (excluding diaryl/α,β-unsaturated/α-hetero) is 1. The highest BCUT2D eigenvalue weighted by Crippen LogP contribution is 2.30. The lowest BCUT2D eigenvalue weighted by atomic mass is 10.0.